The highest BCUT2D eigenvalue weighted by molar-refractivity contribution is 6.04. The molecule has 0 atom stereocenters. The summed E-state index contributed by atoms with van der Waals surface area (Å²) in [4.78, 5) is 11.9. The van der Waals surface area contributed by atoms with Crippen molar-refractivity contribution < 1.29 is 13.6 Å². The highest BCUT2D eigenvalue weighted by Crippen LogP contribution is 2.19. The third-order valence-electron chi connectivity index (χ3n) is 2.69. The van der Waals surface area contributed by atoms with Crippen LogP contribution < -0.4 is 11.1 Å². The van der Waals surface area contributed by atoms with E-state index in [-0.39, 0.29) is 5.56 Å². The lowest BCUT2D eigenvalue weighted by molar-refractivity contribution is 0.102. The summed E-state index contributed by atoms with van der Waals surface area (Å²) in [5.41, 5.74) is 7.53. The number of hydrogen-bond donors (Lipinski definition) is 2. The van der Waals surface area contributed by atoms with Crippen LogP contribution in [0.2, 0.25) is 0 Å². The molecular weight excluding hydrogens is 250 g/mol. The second kappa shape index (κ2) is 5.06. The third-order valence-corrected chi connectivity index (χ3v) is 2.69. The predicted octanol–water partition coefficient (Wildman–Crippen LogP) is 3.11. The molecule has 0 aliphatic rings. The number of aryl methyl sites for hydroxylation is 1. The van der Waals surface area contributed by atoms with Gasteiger partial charge < -0.3 is 11.1 Å². The number of benzene rings is 2. The summed E-state index contributed by atoms with van der Waals surface area (Å²) in [6, 6.07) is 8.06. The lowest BCUT2D eigenvalue weighted by atomic mass is 10.1. The van der Waals surface area contributed by atoms with Gasteiger partial charge in [-0.2, -0.15) is 0 Å². The van der Waals surface area contributed by atoms with E-state index in [4.69, 9.17) is 5.73 Å². The Labute approximate surface area is 109 Å². The van der Waals surface area contributed by atoms with Crippen LogP contribution in [-0.4, -0.2) is 5.91 Å². The van der Waals surface area contributed by atoms with Crippen molar-refractivity contribution in [2.24, 2.45) is 0 Å². The molecule has 2 rings (SSSR count). The Morgan fingerprint density at radius 1 is 1.11 bits per heavy atom. The van der Waals surface area contributed by atoms with Crippen molar-refractivity contribution >= 4 is 17.3 Å². The van der Waals surface area contributed by atoms with Crippen molar-refractivity contribution in [1.29, 1.82) is 0 Å². The summed E-state index contributed by atoms with van der Waals surface area (Å²) in [7, 11) is 0. The highest BCUT2D eigenvalue weighted by atomic mass is 19.2. The number of anilines is 2. The molecule has 0 heterocycles. The van der Waals surface area contributed by atoms with E-state index < -0.39 is 17.5 Å². The molecule has 98 valence electrons. The second-order valence-corrected chi connectivity index (χ2v) is 4.16. The van der Waals surface area contributed by atoms with Crippen LogP contribution in [0.5, 0.6) is 0 Å². The molecule has 19 heavy (non-hydrogen) atoms. The first-order chi connectivity index (χ1) is 8.97. The van der Waals surface area contributed by atoms with Crippen molar-refractivity contribution in [1.82, 2.24) is 0 Å². The molecular formula is C14H12F2N2O. The molecule has 0 bridgehead atoms. The van der Waals surface area contributed by atoms with Crippen LogP contribution in [0.15, 0.2) is 36.4 Å². The zero-order valence-electron chi connectivity index (χ0n) is 10.2. The standard InChI is InChI=1S/C14H12F2N2O/c1-8-2-4-10(17)7-13(8)18-14(19)9-3-5-11(15)12(16)6-9/h2-7H,17H2,1H3,(H,18,19). The maximum atomic E-state index is 13.0. The molecule has 0 aliphatic carbocycles. The van der Waals surface area contributed by atoms with Crippen molar-refractivity contribution in [2.45, 2.75) is 6.92 Å². The molecule has 0 aliphatic heterocycles. The number of carbonyl (C=O) groups excluding carboxylic acids is 1. The summed E-state index contributed by atoms with van der Waals surface area (Å²) in [5, 5.41) is 2.61. The first-order valence-corrected chi connectivity index (χ1v) is 5.60. The number of hydrogen-bond acceptors (Lipinski definition) is 2. The summed E-state index contributed by atoms with van der Waals surface area (Å²) in [6.45, 7) is 1.81. The smallest absolute Gasteiger partial charge is 0.255 e. The van der Waals surface area contributed by atoms with Gasteiger partial charge in [-0.05, 0) is 42.8 Å². The maximum Gasteiger partial charge on any atom is 0.255 e. The Balaban J connectivity index is 2.25. The minimum absolute atomic E-state index is 0.0423. The monoisotopic (exact) mass is 262 g/mol. The normalized spacial score (nSPS) is 10.3. The molecule has 3 nitrogen and oxygen atoms in total. The first kappa shape index (κ1) is 13.0. The number of nitrogens with two attached hydrogens (primary N) is 1. The summed E-state index contributed by atoms with van der Waals surface area (Å²) in [6.07, 6.45) is 0. The van der Waals surface area contributed by atoms with Crippen LogP contribution in [0.25, 0.3) is 0 Å². The van der Waals surface area contributed by atoms with Crippen LogP contribution >= 0.6 is 0 Å². The molecule has 2 aromatic rings. The molecule has 0 aromatic heterocycles. The van der Waals surface area contributed by atoms with Crippen LogP contribution in [0.1, 0.15) is 15.9 Å². The average Bonchev–Trinajstić information content (AvgIpc) is 2.37. The third kappa shape index (κ3) is 2.88. The van der Waals surface area contributed by atoms with E-state index >= 15 is 0 Å². The molecule has 0 radical (unpaired) electrons. The zero-order valence-corrected chi connectivity index (χ0v) is 10.2. The van der Waals surface area contributed by atoms with Crippen LogP contribution in [-0.2, 0) is 0 Å². The Hall–Kier alpha value is -2.43. The van der Waals surface area contributed by atoms with E-state index in [0.717, 1.165) is 17.7 Å². The van der Waals surface area contributed by atoms with Gasteiger partial charge in [-0.25, -0.2) is 8.78 Å². The van der Waals surface area contributed by atoms with Gasteiger partial charge in [0.1, 0.15) is 0 Å². The van der Waals surface area contributed by atoms with E-state index in [1.807, 2.05) is 0 Å². The van der Waals surface area contributed by atoms with E-state index in [1.165, 1.54) is 6.07 Å². The van der Waals surface area contributed by atoms with Gasteiger partial charge in [-0.3, -0.25) is 4.79 Å². The number of halogens is 2. The van der Waals surface area contributed by atoms with Gasteiger partial charge in [0.05, 0.1) is 0 Å². The number of nitrogen functional groups attached to an aromatic ring is 1. The van der Waals surface area contributed by atoms with E-state index in [2.05, 4.69) is 5.32 Å². The Bertz CT molecular complexity index is 641. The fourth-order valence-corrected chi connectivity index (χ4v) is 1.61. The van der Waals surface area contributed by atoms with Gasteiger partial charge in [-0.1, -0.05) is 6.07 Å². The van der Waals surface area contributed by atoms with E-state index in [0.29, 0.717) is 11.4 Å². The fourth-order valence-electron chi connectivity index (χ4n) is 1.61. The topological polar surface area (TPSA) is 55.1 Å². The van der Waals surface area contributed by atoms with E-state index in [1.54, 1.807) is 25.1 Å². The Morgan fingerprint density at radius 3 is 2.53 bits per heavy atom. The fraction of sp³-hybridized carbons (Fsp3) is 0.0714. The zero-order chi connectivity index (χ0) is 14.0. The highest BCUT2D eigenvalue weighted by Gasteiger charge is 2.11. The van der Waals surface area contributed by atoms with Gasteiger partial charge in [0.2, 0.25) is 0 Å². The van der Waals surface area contributed by atoms with Crippen molar-refractivity contribution in [3.8, 4) is 0 Å². The van der Waals surface area contributed by atoms with Gasteiger partial charge >= 0.3 is 0 Å². The number of carbonyl (C=O) groups is 1. The minimum Gasteiger partial charge on any atom is -0.399 e. The second-order valence-electron chi connectivity index (χ2n) is 4.16. The average molecular weight is 262 g/mol. The van der Waals surface area contributed by atoms with Gasteiger partial charge in [0.15, 0.2) is 11.6 Å². The van der Waals surface area contributed by atoms with E-state index in [9.17, 15) is 13.6 Å². The lowest BCUT2D eigenvalue weighted by Gasteiger charge is -2.09. The van der Waals surface area contributed by atoms with Crippen LogP contribution in [0, 0.1) is 18.6 Å². The predicted molar refractivity (Wildman–Crippen MR) is 69.9 cm³/mol. The molecule has 0 fully saturated rings. The van der Waals surface area contributed by atoms with Crippen molar-refractivity contribution in [2.75, 3.05) is 11.1 Å². The quantitative estimate of drug-likeness (QED) is 0.817. The number of nitrogens with one attached hydrogen (secondary N) is 1. The Kier molecular flexibility index (Phi) is 3.46. The van der Waals surface area contributed by atoms with Crippen molar-refractivity contribution in [3.05, 3.63) is 59.2 Å². The Morgan fingerprint density at radius 2 is 1.84 bits per heavy atom. The van der Waals surface area contributed by atoms with Gasteiger partial charge in [0, 0.05) is 16.9 Å². The lowest BCUT2D eigenvalue weighted by Crippen LogP contribution is -2.13. The molecule has 0 saturated carbocycles. The molecule has 1 amide bonds. The minimum atomic E-state index is -1.06. The number of rotatable bonds is 2. The van der Waals surface area contributed by atoms with Gasteiger partial charge in [0.25, 0.3) is 5.91 Å². The number of amides is 1. The maximum absolute atomic E-state index is 13.0. The summed E-state index contributed by atoms with van der Waals surface area (Å²) < 4.78 is 25.8. The SMILES string of the molecule is Cc1ccc(N)cc1NC(=O)c1ccc(F)c(F)c1. The molecule has 5 heteroatoms. The molecule has 0 saturated heterocycles. The molecule has 2 aromatic carbocycles. The van der Waals surface area contributed by atoms with Gasteiger partial charge in [-0.15, -0.1) is 0 Å². The van der Waals surface area contributed by atoms with Crippen LogP contribution in [0.4, 0.5) is 20.2 Å². The molecule has 3 N–H and O–H groups in total. The van der Waals surface area contributed by atoms with Crippen LogP contribution in [0.3, 0.4) is 0 Å². The first-order valence-electron chi connectivity index (χ1n) is 5.60. The largest absolute Gasteiger partial charge is 0.399 e. The molecule has 0 unspecified atom stereocenters. The summed E-state index contributed by atoms with van der Waals surface area (Å²) in [5.74, 6) is -2.57. The van der Waals surface area contributed by atoms with Crippen molar-refractivity contribution in [3.63, 3.8) is 0 Å². The molecule has 0 spiro atoms. The summed E-state index contributed by atoms with van der Waals surface area (Å²) >= 11 is 0.